The third kappa shape index (κ3) is 7.07. The summed E-state index contributed by atoms with van der Waals surface area (Å²) in [6, 6.07) is 13.1. The van der Waals surface area contributed by atoms with Crippen molar-refractivity contribution in [1.82, 2.24) is 5.32 Å². The van der Waals surface area contributed by atoms with Gasteiger partial charge >= 0.3 is 6.09 Å². The van der Waals surface area contributed by atoms with Gasteiger partial charge in [0.1, 0.15) is 11.6 Å². The van der Waals surface area contributed by atoms with Crippen LogP contribution in [0.15, 0.2) is 58.0 Å². The van der Waals surface area contributed by atoms with Gasteiger partial charge in [-0.2, -0.15) is 4.99 Å². The maximum absolute atomic E-state index is 13.5. The highest BCUT2D eigenvalue weighted by Crippen LogP contribution is 2.43. The maximum Gasteiger partial charge on any atom is 0.408 e. The van der Waals surface area contributed by atoms with Crippen LogP contribution in [-0.2, 0) is 25.8 Å². The number of halogens is 2. The zero-order valence-electron chi connectivity index (χ0n) is 20.5. The molecule has 0 aliphatic carbocycles. The van der Waals surface area contributed by atoms with Crippen molar-refractivity contribution in [2.45, 2.75) is 50.1 Å². The van der Waals surface area contributed by atoms with Crippen molar-refractivity contribution in [2.75, 3.05) is 16.4 Å². The van der Waals surface area contributed by atoms with Crippen molar-refractivity contribution in [1.29, 1.82) is 0 Å². The first-order valence-electron chi connectivity index (χ1n) is 11.6. The number of carbonyl (C=O) groups excluding carboxylic acids is 2. The van der Waals surface area contributed by atoms with Crippen LogP contribution >= 0.6 is 39.3 Å². The Balaban J connectivity index is 1.67. The van der Waals surface area contributed by atoms with E-state index < -0.39 is 39.5 Å². The van der Waals surface area contributed by atoms with Gasteiger partial charge in [0, 0.05) is 16.1 Å². The fourth-order valence-electron chi connectivity index (χ4n) is 4.19. The number of hydrogen-bond donors (Lipinski definition) is 1. The fourth-order valence-corrected chi connectivity index (χ4v) is 8.87. The summed E-state index contributed by atoms with van der Waals surface area (Å²) in [5.74, 6) is -0.643. The molecule has 2 amide bonds. The lowest BCUT2D eigenvalue weighted by atomic mass is 10.1. The van der Waals surface area contributed by atoms with E-state index in [9.17, 15) is 18.0 Å². The van der Waals surface area contributed by atoms with Gasteiger partial charge in [0.05, 0.1) is 28.3 Å². The van der Waals surface area contributed by atoms with Gasteiger partial charge in [0.25, 0.3) is 5.91 Å². The number of fused-ring (bicyclic) bond motifs is 1. The Morgan fingerprint density at radius 3 is 2.57 bits per heavy atom. The number of sulfone groups is 1. The topological polar surface area (TPSA) is 105 Å². The molecule has 3 atom stereocenters. The van der Waals surface area contributed by atoms with E-state index in [0.717, 1.165) is 10.0 Å². The Morgan fingerprint density at radius 2 is 1.92 bits per heavy atom. The Hall–Kier alpha value is -2.08. The summed E-state index contributed by atoms with van der Waals surface area (Å²) in [7, 11) is -3.24. The van der Waals surface area contributed by atoms with Crippen molar-refractivity contribution >= 4 is 72.0 Å². The molecule has 0 saturated carbocycles. The molecule has 2 fully saturated rings. The number of carbonyl (C=O) groups is 2. The summed E-state index contributed by atoms with van der Waals surface area (Å²) in [6.45, 7) is 5.22. The number of nitrogens with zero attached hydrogens (tertiary/aromatic N) is 2. The van der Waals surface area contributed by atoms with Crippen LogP contribution in [0, 0.1) is 0 Å². The highest BCUT2D eigenvalue weighted by atomic mass is 79.9. The number of amidine groups is 1. The minimum absolute atomic E-state index is 0.0101. The van der Waals surface area contributed by atoms with Crippen molar-refractivity contribution < 1.29 is 22.7 Å². The quantitative estimate of drug-likeness (QED) is 0.505. The lowest BCUT2D eigenvalue weighted by molar-refractivity contribution is -0.119. The standard InChI is InChI=1S/C25H27BrClN3O5S2/c1-25(2,3)35-24(32)28-18(11-15-7-5-4-6-8-15)22(31)29-23-30(19-10-9-16(26)12-17(19)27)20-13-37(33,34)14-21(20)36-23/h4-10,12,18,20-21H,11,13-14H2,1-3H3,(H,28,32)/t18-,20-,21-/m1/s1. The molecular formula is C25H27BrClN3O5S2. The van der Waals surface area contributed by atoms with E-state index in [-0.39, 0.29) is 23.2 Å². The molecule has 4 rings (SSSR count). The van der Waals surface area contributed by atoms with Crippen LogP contribution in [0.25, 0.3) is 0 Å². The Morgan fingerprint density at radius 1 is 1.22 bits per heavy atom. The number of rotatable bonds is 5. The van der Waals surface area contributed by atoms with Gasteiger partial charge < -0.3 is 15.0 Å². The average Bonchev–Trinajstić information content (AvgIpc) is 3.24. The highest BCUT2D eigenvalue weighted by molar-refractivity contribution is 9.10. The van der Waals surface area contributed by atoms with Crippen molar-refractivity contribution in [3.05, 3.63) is 63.6 Å². The summed E-state index contributed by atoms with van der Waals surface area (Å²) >= 11 is 11.2. The van der Waals surface area contributed by atoms with Crippen molar-refractivity contribution in [3.8, 4) is 0 Å². The molecule has 2 heterocycles. The minimum atomic E-state index is -3.24. The molecule has 1 N–H and O–H groups in total. The smallest absolute Gasteiger partial charge is 0.408 e. The van der Waals surface area contributed by atoms with Crippen LogP contribution < -0.4 is 10.2 Å². The van der Waals surface area contributed by atoms with E-state index in [1.807, 2.05) is 30.3 Å². The molecule has 198 valence electrons. The van der Waals surface area contributed by atoms with Gasteiger partial charge in [-0.05, 0) is 44.5 Å². The van der Waals surface area contributed by atoms with E-state index in [4.69, 9.17) is 16.3 Å². The van der Waals surface area contributed by atoms with Crippen LogP contribution in [0.3, 0.4) is 0 Å². The molecule has 0 spiro atoms. The summed E-state index contributed by atoms with van der Waals surface area (Å²) < 4.78 is 30.9. The zero-order chi connectivity index (χ0) is 27.0. The lowest BCUT2D eigenvalue weighted by Crippen LogP contribution is -2.45. The number of aliphatic imine (C=N–C) groups is 1. The van der Waals surface area contributed by atoms with Crippen LogP contribution in [0.2, 0.25) is 5.02 Å². The number of anilines is 1. The summed E-state index contributed by atoms with van der Waals surface area (Å²) in [5.41, 5.74) is 0.663. The molecule has 0 radical (unpaired) electrons. The molecule has 37 heavy (non-hydrogen) atoms. The van der Waals surface area contributed by atoms with Gasteiger partial charge in [-0.15, -0.1) is 0 Å². The molecule has 2 aliphatic heterocycles. The Bertz CT molecular complexity index is 1330. The molecular weight excluding hydrogens is 602 g/mol. The number of hydrogen-bond acceptors (Lipinski definition) is 6. The second kappa shape index (κ2) is 11.0. The Labute approximate surface area is 234 Å². The molecule has 0 unspecified atom stereocenters. The van der Waals surface area contributed by atoms with E-state index >= 15 is 0 Å². The second-order valence-corrected chi connectivity index (χ2v) is 14.6. The van der Waals surface area contributed by atoms with Crippen molar-refractivity contribution in [2.24, 2.45) is 4.99 Å². The number of thioether (sulfide) groups is 1. The summed E-state index contributed by atoms with van der Waals surface area (Å²) in [6.07, 6.45) is -0.516. The monoisotopic (exact) mass is 627 g/mol. The first-order valence-corrected chi connectivity index (χ1v) is 15.5. The lowest BCUT2D eigenvalue weighted by Gasteiger charge is -2.26. The van der Waals surface area contributed by atoms with Crippen LogP contribution in [-0.4, -0.2) is 60.0 Å². The van der Waals surface area contributed by atoms with E-state index in [0.29, 0.717) is 15.9 Å². The molecule has 12 heteroatoms. The third-order valence-electron chi connectivity index (χ3n) is 5.71. The van der Waals surface area contributed by atoms with Crippen LogP contribution in [0.4, 0.5) is 10.5 Å². The van der Waals surface area contributed by atoms with Gasteiger partial charge in [-0.1, -0.05) is 69.6 Å². The van der Waals surface area contributed by atoms with Crippen LogP contribution in [0.5, 0.6) is 0 Å². The maximum atomic E-state index is 13.5. The van der Waals surface area contributed by atoms with E-state index in [1.165, 1.54) is 11.8 Å². The molecule has 0 aromatic heterocycles. The molecule has 0 bridgehead atoms. The average molecular weight is 629 g/mol. The summed E-state index contributed by atoms with van der Waals surface area (Å²) in [4.78, 5) is 32.2. The molecule has 2 saturated heterocycles. The minimum Gasteiger partial charge on any atom is -0.444 e. The van der Waals surface area contributed by atoms with Gasteiger partial charge in [-0.25, -0.2) is 13.2 Å². The van der Waals surface area contributed by atoms with Gasteiger partial charge in [0.2, 0.25) is 0 Å². The second-order valence-electron chi connectivity index (χ2n) is 9.89. The number of amides is 2. The number of alkyl carbamates (subject to hydrolysis) is 1. The molecule has 8 nitrogen and oxygen atoms in total. The fraction of sp³-hybridized carbons (Fsp3) is 0.400. The predicted molar refractivity (Wildman–Crippen MR) is 151 cm³/mol. The molecule has 2 aromatic carbocycles. The number of ether oxygens (including phenoxy) is 1. The molecule has 2 aromatic rings. The third-order valence-corrected chi connectivity index (χ3v) is 9.72. The largest absolute Gasteiger partial charge is 0.444 e. The zero-order valence-corrected chi connectivity index (χ0v) is 24.5. The van der Waals surface area contributed by atoms with Gasteiger partial charge in [0.15, 0.2) is 15.0 Å². The van der Waals surface area contributed by atoms with Gasteiger partial charge in [-0.3, -0.25) is 4.79 Å². The predicted octanol–water partition coefficient (Wildman–Crippen LogP) is 4.84. The normalized spacial score (nSPS) is 22.5. The first-order chi connectivity index (χ1) is 17.3. The Kier molecular flexibility index (Phi) is 8.27. The first kappa shape index (κ1) is 27.9. The van der Waals surface area contributed by atoms with Crippen molar-refractivity contribution in [3.63, 3.8) is 0 Å². The van der Waals surface area contributed by atoms with E-state index in [2.05, 4.69) is 26.2 Å². The van der Waals surface area contributed by atoms with E-state index in [1.54, 1.807) is 43.9 Å². The number of nitrogens with one attached hydrogen (secondary N) is 1. The highest BCUT2D eigenvalue weighted by Gasteiger charge is 2.50. The van der Waals surface area contributed by atoms with Crippen LogP contribution in [0.1, 0.15) is 26.3 Å². The molecule has 2 aliphatic rings. The SMILES string of the molecule is CC(C)(C)OC(=O)N[C@H](Cc1ccccc1)C(=O)N=C1S[C@@H]2CS(=O)(=O)C[C@H]2N1c1ccc(Br)cc1Cl. The number of benzene rings is 2. The summed E-state index contributed by atoms with van der Waals surface area (Å²) in [5, 5.41) is 3.12.